The van der Waals surface area contributed by atoms with Crippen LogP contribution in [0.25, 0.3) is 18.2 Å². The Morgan fingerprint density at radius 2 is 0.417 bits per heavy atom. The number of fused-ring (bicyclic) bond motifs is 12. The van der Waals surface area contributed by atoms with Gasteiger partial charge in [0.15, 0.2) is 138 Å². The molecule has 6 amide bonds. The predicted molar refractivity (Wildman–Crippen MR) is 517 cm³/mol. The number of aryl methyl sites for hydroxylation is 3. The van der Waals surface area contributed by atoms with Crippen LogP contribution in [-0.4, -0.2) is 130 Å². The van der Waals surface area contributed by atoms with Crippen LogP contribution in [0.1, 0.15) is 74.9 Å². The van der Waals surface area contributed by atoms with E-state index in [0.29, 0.717) is 128 Å². The number of hydrogen-bond acceptors (Lipinski definition) is 30. The molecule has 12 aromatic carbocycles. The Morgan fingerprint density at radius 1 is 0.194 bits per heavy atom. The van der Waals surface area contributed by atoms with Gasteiger partial charge in [-0.1, -0.05) is 60.7 Å². The van der Waals surface area contributed by atoms with Crippen molar-refractivity contribution in [1.29, 1.82) is 0 Å². The highest BCUT2D eigenvalue weighted by atomic mass is 16.7. The van der Waals surface area contributed by atoms with Crippen LogP contribution >= 0.6 is 0 Å². The largest absolute Gasteiger partial charge is 0.454 e. The lowest BCUT2D eigenvalue weighted by Gasteiger charge is -2.07. The van der Waals surface area contributed by atoms with Gasteiger partial charge in [0, 0.05) is 87.2 Å². The average molecular weight is 1960 g/mol. The van der Waals surface area contributed by atoms with Gasteiger partial charge in [-0.2, -0.15) is 0 Å². The summed E-state index contributed by atoms with van der Waals surface area (Å²) < 4.78 is 127. The molecular formula is C108H96N6O30. The van der Waals surface area contributed by atoms with Crippen LogP contribution in [0.3, 0.4) is 0 Å². The standard InChI is InChI=1S/C19H19NO5.C19H17NO5.C18H17NO5.C18H15NO5.C17H15NO5.C17H13NO5/c2*21-19(6-3-13-1-4-15-17(9-13)24-11-22-15)20-8-7-14-2-5-16-18(10-14)25-12-23-16;2*20-18(6-3-12-1-4-14-16(7-12)23-10-21-14)19-9-13-2-5-15-17(8-13)24-11-22-15;2*19-17(18-12-3-5-14-16(8-12)23-10-21-14)6-2-11-1-4-13-15(7-11)22-9-20-13/h1-2,4-5,9-10H,3,6-8,11-12H2,(H,20,21);1-6,9-10H,7-8,11-12H2,(H,20,21);1-2,4-5,7-8H,3,6,9-11H2,(H,19,20);1-8H,9-11H2,(H,19,20);1,3-5,7-8H,2,6,9-10H2,(H,18,19);1-8H,9-10H2,(H,18,19)/b;6-3+;;6-3+;;6-2+. The third-order valence-corrected chi connectivity index (χ3v) is 23.2. The van der Waals surface area contributed by atoms with Crippen molar-refractivity contribution in [2.24, 2.45) is 0 Å². The minimum Gasteiger partial charge on any atom is -0.454 e. The van der Waals surface area contributed by atoms with E-state index in [1.165, 1.54) is 18.2 Å². The molecule has 12 aliphatic heterocycles. The molecular weight excluding hydrogens is 1860 g/mol. The van der Waals surface area contributed by atoms with Crippen LogP contribution in [-0.2, 0) is 74.0 Å². The number of anilines is 2. The first-order valence-electron chi connectivity index (χ1n) is 46.1. The lowest BCUT2D eigenvalue weighted by atomic mass is 10.1. The summed E-state index contributed by atoms with van der Waals surface area (Å²) in [5, 5.41) is 17.2. The number of benzene rings is 12. The Labute approximate surface area is 824 Å². The van der Waals surface area contributed by atoms with Crippen molar-refractivity contribution in [3.8, 4) is 138 Å². The monoisotopic (exact) mass is 1960 g/mol. The Kier molecular flexibility index (Phi) is 30.4. The van der Waals surface area contributed by atoms with Gasteiger partial charge in [0.2, 0.25) is 117 Å². The van der Waals surface area contributed by atoms with Crippen molar-refractivity contribution in [3.63, 3.8) is 0 Å². The van der Waals surface area contributed by atoms with Crippen LogP contribution in [0, 0.1) is 0 Å². The normalized spacial score (nSPS) is 14.0. The SMILES string of the molecule is O=C(/C=C/c1ccc2c(c1)OCO2)NCCc1ccc2c(c1)OCO2.O=C(/C=C/c1ccc2c(c1)OCO2)NCc1ccc2c(c1)OCO2.O=C(/C=C/c1ccc2c(c1)OCO2)Nc1ccc2c(c1)OCO2.O=C(CCc1ccc2c(c1)OCO2)NCCc1ccc2c(c1)OCO2.O=C(CCc1ccc2c(c1)OCO2)NCc1ccc2c(c1)OCO2.O=C(CCc1ccc2c(c1)OCO2)Nc1ccc2c(c1)OCO2. The third-order valence-electron chi connectivity index (χ3n) is 23.2. The summed E-state index contributed by atoms with van der Waals surface area (Å²) in [6.45, 7) is 4.96. The van der Waals surface area contributed by atoms with E-state index in [9.17, 15) is 28.8 Å². The Hall–Kier alpha value is -18.1. The predicted octanol–water partition coefficient (Wildman–Crippen LogP) is 15.3. The second-order valence-electron chi connectivity index (χ2n) is 33.0. The molecule has 0 saturated carbocycles. The van der Waals surface area contributed by atoms with Gasteiger partial charge >= 0.3 is 0 Å². The van der Waals surface area contributed by atoms with Crippen molar-refractivity contribution in [3.05, 3.63) is 292 Å². The van der Waals surface area contributed by atoms with E-state index in [1.807, 2.05) is 182 Å². The molecule has 0 radical (unpaired) electrons. The van der Waals surface area contributed by atoms with Crippen LogP contribution in [0.2, 0.25) is 0 Å². The first kappa shape index (κ1) is 94.8. The van der Waals surface area contributed by atoms with Crippen molar-refractivity contribution < 1.29 is 142 Å². The lowest BCUT2D eigenvalue weighted by molar-refractivity contribution is -0.121. The summed E-state index contributed by atoms with van der Waals surface area (Å²) in [4.78, 5) is 72.0. The van der Waals surface area contributed by atoms with Crippen molar-refractivity contribution >= 4 is 65.0 Å². The number of nitrogens with one attached hydrogen (secondary N) is 6. The number of ether oxygens (including phenoxy) is 24. The summed E-state index contributed by atoms with van der Waals surface area (Å²) in [5.74, 6) is 16.8. The van der Waals surface area contributed by atoms with Gasteiger partial charge in [0.05, 0.1) is 0 Å². The zero-order valence-electron chi connectivity index (χ0n) is 77.5. The van der Waals surface area contributed by atoms with Gasteiger partial charge in [-0.05, 0) is 252 Å². The quantitative estimate of drug-likeness (QED) is 0.0260. The number of amides is 6. The highest BCUT2D eigenvalue weighted by Crippen LogP contribution is 2.43. The minimum atomic E-state index is -0.235. The summed E-state index contributed by atoms with van der Waals surface area (Å²) in [5.41, 5.74) is 11.2. The van der Waals surface area contributed by atoms with E-state index >= 15 is 0 Å². The molecule has 0 aromatic heterocycles. The molecule has 0 fully saturated rings. The maximum absolute atomic E-state index is 12.1. The van der Waals surface area contributed by atoms with Crippen LogP contribution in [0.5, 0.6) is 138 Å². The fourth-order valence-electron chi connectivity index (χ4n) is 15.6. The maximum Gasteiger partial charge on any atom is 0.248 e. The number of carbonyl (C=O) groups excluding carboxylic acids is 6. The molecule has 36 heteroatoms. The van der Waals surface area contributed by atoms with E-state index in [1.54, 1.807) is 54.6 Å². The van der Waals surface area contributed by atoms with E-state index in [2.05, 4.69) is 31.9 Å². The van der Waals surface area contributed by atoms with E-state index in [0.717, 1.165) is 155 Å². The number of carbonyl (C=O) groups is 6. The highest BCUT2D eigenvalue weighted by Gasteiger charge is 2.25. The van der Waals surface area contributed by atoms with Gasteiger partial charge < -0.3 is 146 Å². The zero-order chi connectivity index (χ0) is 98.1. The van der Waals surface area contributed by atoms with E-state index in [-0.39, 0.29) is 117 Å². The molecule has 12 aliphatic rings. The highest BCUT2D eigenvalue weighted by molar-refractivity contribution is 6.02. The molecule has 0 spiro atoms. The molecule has 0 atom stereocenters. The Morgan fingerprint density at radius 3 is 0.743 bits per heavy atom. The summed E-state index contributed by atoms with van der Waals surface area (Å²) in [6, 6.07) is 67.4. The Balaban J connectivity index is 0.000000109. The molecule has 0 bridgehead atoms. The van der Waals surface area contributed by atoms with Crippen molar-refractivity contribution in [2.45, 2.75) is 64.5 Å². The van der Waals surface area contributed by atoms with E-state index < -0.39 is 0 Å². The molecule has 24 rings (SSSR count). The van der Waals surface area contributed by atoms with Gasteiger partial charge in [-0.15, -0.1) is 0 Å². The Bertz CT molecular complexity index is 6780. The molecule has 6 N–H and O–H groups in total. The molecule has 0 aliphatic carbocycles. The van der Waals surface area contributed by atoms with Crippen molar-refractivity contribution in [1.82, 2.24) is 21.3 Å². The zero-order valence-corrected chi connectivity index (χ0v) is 77.5. The fourth-order valence-corrected chi connectivity index (χ4v) is 15.6. The van der Waals surface area contributed by atoms with Gasteiger partial charge in [0.25, 0.3) is 0 Å². The first-order chi connectivity index (χ1) is 70.7. The van der Waals surface area contributed by atoms with Gasteiger partial charge in [0.1, 0.15) is 0 Å². The summed E-state index contributed by atoms with van der Waals surface area (Å²) >= 11 is 0. The second-order valence-corrected chi connectivity index (χ2v) is 33.0. The molecule has 12 aromatic rings. The fraction of sp³-hybridized carbons (Fsp3) is 0.222. The van der Waals surface area contributed by atoms with Crippen LogP contribution < -0.4 is 146 Å². The molecule has 36 nitrogen and oxygen atoms in total. The maximum atomic E-state index is 12.1. The first-order valence-corrected chi connectivity index (χ1v) is 46.1. The van der Waals surface area contributed by atoms with Crippen LogP contribution in [0.4, 0.5) is 11.4 Å². The number of hydrogen-bond donors (Lipinski definition) is 6. The summed E-state index contributed by atoms with van der Waals surface area (Å²) in [6.07, 6.45) is 14.3. The molecule has 0 saturated heterocycles. The lowest BCUT2D eigenvalue weighted by Crippen LogP contribution is -2.25. The molecule has 0 unspecified atom stereocenters. The average Bonchev–Trinajstić information content (AvgIpc) is 1.69. The van der Waals surface area contributed by atoms with E-state index in [4.69, 9.17) is 114 Å². The minimum absolute atomic E-state index is 0.00494. The van der Waals surface area contributed by atoms with Gasteiger partial charge in [-0.3, -0.25) is 28.8 Å². The second kappa shape index (κ2) is 46.1. The molecule has 738 valence electrons. The smallest absolute Gasteiger partial charge is 0.248 e. The molecule has 144 heavy (non-hydrogen) atoms. The van der Waals surface area contributed by atoms with Crippen molar-refractivity contribution in [2.75, 3.05) is 105 Å². The molecule has 12 heterocycles. The topological polar surface area (TPSA) is 396 Å². The van der Waals surface area contributed by atoms with Gasteiger partial charge in [-0.25, -0.2) is 0 Å². The summed E-state index contributed by atoms with van der Waals surface area (Å²) in [7, 11) is 0. The third kappa shape index (κ3) is 25.7. The van der Waals surface area contributed by atoms with Crippen LogP contribution in [0.15, 0.2) is 237 Å². The number of rotatable bonds is 27.